The molecule has 9 heteroatoms. The van der Waals surface area contributed by atoms with Gasteiger partial charge in [0.05, 0.1) is 0 Å². The molecule has 0 atom stereocenters. The number of urea groups is 1. The third-order valence-electron chi connectivity index (χ3n) is 2.09. The minimum Gasteiger partial charge on any atom is -0.481 e. The number of aliphatic carboxylic acids is 2. The molecule has 9 nitrogen and oxygen atoms in total. The first-order chi connectivity index (χ1) is 9.31. The maximum atomic E-state index is 11.2. The SMILES string of the molecule is O=C(O)CCCC(=O)NC(=O)NC(=O)CCCC(=O)O. The fraction of sp³-hybridized carbons (Fsp3) is 0.545. The van der Waals surface area contributed by atoms with Crippen molar-refractivity contribution < 1.29 is 34.2 Å². The molecule has 0 aromatic carbocycles. The standard InChI is InChI=1S/C11H16N2O7/c14-7(3-1-5-9(16)17)12-11(20)13-8(15)4-2-6-10(18)19/h1-6H2,(H,16,17)(H,18,19)(H2,12,13,14,15,20). The number of carbonyl (C=O) groups excluding carboxylic acids is 3. The molecule has 0 aromatic rings. The van der Waals surface area contributed by atoms with Crippen molar-refractivity contribution in [1.29, 1.82) is 0 Å². The Hall–Kier alpha value is -2.45. The van der Waals surface area contributed by atoms with Gasteiger partial charge >= 0.3 is 18.0 Å². The van der Waals surface area contributed by atoms with Crippen molar-refractivity contribution in [2.24, 2.45) is 0 Å². The Balaban J connectivity index is 3.80. The zero-order valence-electron chi connectivity index (χ0n) is 10.7. The summed E-state index contributed by atoms with van der Waals surface area (Å²) in [5.74, 6) is -3.48. The van der Waals surface area contributed by atoms with Gasteiger partial charge in [-0.15, -0.1) is 0 Å². The zero-order valence-corrected chi connectivity index (χ0v) is 10.7. The second-order valence-electron chi connectivity index (χ2n) is 3.92. The Labute approximate surface area is 114 Å². The van der Waals surface area contributed by atoms with Crippen LogP contribution in [0.4, 0.5) is 4.79 Å². The summed E-state index contributed by atoms with van der Waals surface area (Å²) < 4.78 is 0. The molecule has 0 heterocycles. The number of hydrogen-bond donors (Lipinski definition) is 4. The molecular formula is C11H16N2O7. The lowest BCUT2D eigenvalue weighted by Crippen LogP contribution is -2.42. The van der Waals surface area contributed by atoms with Gasteiger partial charge in [-0.3, -0.25) is 29.8 Å². The fourth-order valence-corrected chi connectivity index (χ4v) is 1.21. The predicted octanol–water partition coefficient (Wildman–Crippen LogP) is -0.151. The van der Waals surface area contributed by atoms with Crippen LogP contribution in [0.1, 0.15) is 38.5 Å². The van der Waals surface area contributed by atoms with Crippen molar-refractivity contribution in [3.05, 3.63) is 0 Å². The largest absolute Gasteiger partial charge is 0.481 e. The molecule has 0 unspecified atom stereocenters. The number of carbonyl (C=O) groups is 5. The summed E-state index contributed by atoms with van der Waals surface area (Å²) in [6.07, 6.45) is -0.506. The fourth-order valence-electron chi connectivity index (χ4n) is 1.21. The van der Waals surface area contributed by atoms with E-state index in [1.54, 1.807) is 0 Å². The number of hydrogen-bond acceptors (Lipinski definition) is 5. The quantitative estimate of drug-likeness (QED) is 0.485. The number of imide groups is 2. The maximum absolute atomic E-state index is 11.2. The van der Waals surface area contributed by atoms with Gasteiger partial charge in [0.25, 0.3) is 0 Å². The Morgan fingerprint density at radius 2 is 1.00 bits per heavy atom. The van der Waals surface area contributed by atoms with E-state index >= 15 is 0 Å². The summed E-state index contributed by atoms with van der Waals surface area (Å²) in [6, 6.07) is -1.01. The van der Waals surface area contributed by atoms with Gasteiger partial charge in [-0.2, -0.15) is 0 Å². The first-order valence-corrected chi connectivity index (χ1v) is 5.88. The maximum Gasteiger partial charge on any atom is 0.328 e. The molecule has 112 valence electrons. The van der Waals surface area contributed by atoms with E-state index in [9.17, 15) is 24.0 Å². The average molecular weight is 288 g/mol. The van der Waals surface area contributed by atoms with Crippen LogP contribution in [0.2, 0.25) is 0 Å². The summed E-state index contributed by atoms with van der Waals surface area (Å²) in [7, 11) is 0. The van der Waals surface area contributed by atoms with Crippen LogP contribution in [-0.2, 0) is 19.2 Å². The summed E-state index contributed by atoms with van der Waals surface area (Å²) in [5, 5.41) is 20.4. The summed E-state index contributed by atoms with van der Waals surface area (Å²) in [6.45, 7) is 0. The molecule has 0 saturated carbocycles. The highest BCUT2D eigenvalue weighted by Gasteiger charge is 2.12. The normalized spacial score (nSPS) is 9.60. The number of carboxylic acid groups (broad SMARTS) is 2. The van der Waals surface area contributed by atoms with E-state index in [0.717, 1.165) is 0 Å². The zero-order chi connectivity index (χ0) is 15.5. The number of amides is 4. The molecule has 0 radical (unpaired) electrons. The van der Waals surface area contributed by atoms with Gasteiger partial charge in [-0.05, 0) is 12.8 Å². The van der Waals surface area contributed by atoms with Crippen LogP contribution in [0.15, 0.2) is 0 Å². The highest BCUT2D eigenvalue weighted by Crippen LogP contribution is 1.96. The van der Waals surface area contributed by atoms with Crippen molar-refractivity contribution in [2.75, 3.05) is 0 Å². The van der Waals surface area contributed by atoms with Gasteiger partial charge in [-0.1, -0.05) is 0 Å². The molecule has 0 aromatic heterocycles. The molecular weight excluding hydrogens is 272 g/mol. The van der Waals surface area contributed by atoms with E-state index in [1.165, 1.54) is 0 Å². The molecule has 0 fully saturated rings. The first kappa shape index (κ1) is 17.6. The summed E-state index contributed by atoms with van der Waals surface area (Å²) in [4.78, 5) is 53.9. The van der Waals surface area contributed by atoms with E-state index < -0.39 is 29.8 Å². The molecule has 4 N–H and O–H groups in total. The topological polar surface area (TPSA) is 150 Å². The second kappa shape index (κ2) is 9.48. The Morgan fingerprint density at radius 1 is 0.650 bits per heavy atom. The monoisotopic (exact) mass is 288 g/mol. The minimum absolute atomic E-state index is 0.0843. The summed E-state index contributed by atoms with van der Waals surface area (Å²) in [5.41, 5.74) is 0. The molecule has 0 spiro atoms. The lowest BCUT2D eigenvalue weighted by Gasteiger charge is -2.05. The number of rotatable bonds is 8. The van der Waals surface area contributed by atoms with Crippen LogP contribution in [0.3, 0.4) is 0 Å². The third-order valence-corrected chi connectivity index (χ3v) is 2.09. The Morgan fingerprint density at radius 3 is 1.30 bits per heavy atom. The number of carboxylic acids is 2. The van der Waals surface area contributed by atoms with Crippen molar-refractivity contribution in [2.45, 2.75) is 38.5 Å². The van der Waals surface area contributed by atoms with Crippen molar-refractivity contribution in [1.82, 2.24) is 10.6 Å². The first-order valence-electron chi connectivity index (χ1n) is 5.88. The van der Waals surface area contributed by atoms with Crippen LogP contribution in [0.5, 0.6) is 0 Å². The molecule has 0 rings (SSSR count). The molecule has 0 aliphatic rings. The van der Waals surface area contributed by atoms with E-state index in [-0.39, 0.29) is 38.5 Å². The lowest BCUT2D eigenvalue weighted by molar-refractivity contribution is -0.138. The van der Waals surface area contributed by atoms with E-state index in [0.29, 0.717) is 0 Å². The lowest BCUT2D eigenvalue weighted by atomic mass is 10.2. The predicted molar refractivity (Wildman–Crippen MR) is 64.7 cm³/mol. The van der Waals surface area contributed by atoms with Crippen LogP contribution in [0, 0.1) is 0 Å². The average Bonchev–Trinajstić information content (AvgIpc) is 2.26. The van der Waals surface area contributed by atoms with Gasteiger partial charge < -0.3 is 10.2 Å². The van der Waals surface area contributed by atoms with Gasteiger partial charge in [0.1, 0.15) is 0 Å². The highest BCUT2D eigenvalue weighted by atomic mass is 16.4. The van der Waals surface area contributed by atoms with Gasteiger partial charge in [0.15, 0.2) is 0 Å². The molecule has 0 saturated heterocycles. The van der Waals surface area contributed by atoms with Crippen molar-refractivity contribution in [3.8, 4) is 0 Å². The van der Waals surface area contributed by atoms with Crippen LogP contribution in [0.25, 0.3) is 0 Å². The Kier molecular flexibility index (Phi) is 8.32. The number of nitrogens with one attached hydrogen (secondary N) is 2. The van der Waals surface area contributed by atoms with Gasteiger partial charge in [0, 0.05) is 25.7 Å². The third kappa shape index (κ3) is 10.7. The van der Waals surface area contributed by atoms with Crippen LogP contribution in [-0.4, -0.2) is 40.0 Å². The molecule has 4 amide bonds. The molecule has 0 bridgehead atoms. The van der Waals surface area contributed by atoms with Crippen molar-refractivity contribution >= 4 is 29.8 Å². The van der Waals surface area contributed by atoms with Gasteiger partial charge in [-0.25, -0.2) is 4.79 Å². The van der Waals surface area contributed by atoms with E-state index in [2.05, 4.69) is 0 Å². The smallest absolute Gasteiger partial charge is 0.328 e. The Bertz CT molecular complexity index is 370. The highest BCUT2D eigenvalue weighted by molar-refractivity contribution is 6.02. The summed E-state index contributed by atoms with van der Waals surface area (Å²) >= 11 is 0. The molecule has 0 aliphatic carbocycles. The second-order valence-corrected chi connectivity index (χ2v) is 3.92. The van der Waals surface area contributed by atoms with Gasteiger partial charge in [0.2, 0.25) is 11.8 Å². The molecule has 20 heavy (non-hydrogen) atoms. The molecule has 0 aliphatic heterocycles. The van der Waals surface area contributed by atoms with Crippen LogP contribution < -0.4 is 10.6 Å². The van der Waals surface area contributed by atoms with E-state index in [1.807, 2.05) is 10.6 Å². The minimum atomic E-state index is -1.05. The van der Waals surface area contributed by atoms with E-state index in [4.69, 9.17) is 10.2 Å². The van der Waals surface area contributed by atoms with Crippen LogP contribution >= 0.6 is 0 Å². The van der Waals surface area contributed by atoms with Crippen molar-refractivity contribution in [3.63, 3.8) is 0 Å².